The molecule has 4 nitrogen and oxygen atoms in total. The molecular weight excluding hydrogens is 486 g/mol. The summed E-state index contributed by atoms with van der Waals surface area (Å²) in [5.74, 6) is 1.72. The molecule has 0 saturated carbocycles. The van der Waals surface area contributed by atoms with Gasteiger partial charge in [-0.25, -0.2) is 4.39 Å². The quantitative estimate of drug-likeness (QED) is 0.527. The molecule has 6 rings (SSSR count). The molecule has 3 aliphatic carbocycles. The summed E-state index contributed by atoms with van der Waals surface area (Å²) >= 11 is 6.06. The number of morpholine rings is 1. The first kappa shape index (κ1) is 26.2. The van der Waals surface area contributed by atoms with Crippen molar-refractivity contribution in [3.05, 3.63) is 75.6 Å². The van der Waals surface area contributed by atoms with Gasteiger partial charge in [-0.05, 0) is 73.1 Å². The summed E-state index contributed by atoms with van der Waals surface area (Å²) in [4.78, 5) is 4.49. The highest BCUT2D eigenvalue weighted by atomic mass is 35.5. The highest BCUT2D eigenvalue weighted by Gasteiger charge is 2.33. The van der Waals surface area contributed by atoms with Gasteiger partial charge in [0.1, 0.15) is 24.3 Å². The van der Waals surface area contributed by atoms with Crippen LogP contribution in [-0.4, -0.2) is 45.2 Å². The predicted octanol–water partition coefficient (Wildman–Crippen LogP) is 5.73. The zero-order valence-electron chi connectivity index (χ0n) is 20.1. The van der Waals surface area contributed by atoms with Crippen molar-refractivity contribution in [1.29, 1.82) is 0 Å². The lowest BCUT2D eigenvalue weighted by atomic mass is 9.71. The zero-order chi connectivity index (χ0) is 23.5. The van der Waals surface area contributed by atoms with E-state index in [1.807, 2.05) is 13.1 Å². The maximum Gasteiger partial charge on any atom is 0.126 e. The van der Waals surface area contributed by atoms with Crippen LogP contribution in [0.1, 0.15) is 41.0 Å². The van der Waals surface area contributed by atoms with Crippen molar-refractivity contribution in [3.8, 4) is 5.75 Å². The lowest BCUT2D eigenvalue weighted by Crippen LogP contribution is -2.41. The standard InChI is InChI=1S/C14H14ClN.C14H18FNO2.ClH/c1-16-14-9-3-2-4-13(14)12-6-5-11(15)8-10(12)7-9;15-13-4-5-14(12-3-1-2-11(12)13)18-9-10-8-16-6-7-17-10;/h2-3,5-6,8-9,13H,4,7H2,1H3;4-5,10,16H,1-3,6-9H2;1H/t;10-;/m.0./s1. The van der Waals surface area contributed by atoms with Gasteiger partial charge in [-0.15, -0.1) is 12.4 Å². The van der Waals surface area contributed by atoms with Gasteiger partial charge in [0.05, 0.1) is 6.61 Å². The molecule has 1 aliphatic heterocycles. The molecule has 1 heterocycles. The van der Waals surface area contributed by atoms with Gasteiger partial charge in [0, 0.05) is 48.3 Å². The van der Waals surface area contributed by atoms with Crippen LogP contribution in [0.2, 0.25) is 5.02 Å². The molecule has 2 aromatic rings. The molecule has 0 amide bonds. The van der Waals surface area contributed by atoms with Crippen LogP contribution < -0.4 is 10.1 Å². The monoisotopic (exact) mass is 518 g/mol. The van der Waals surface area contributed by atoms with Crippen LogP contribution in [0.4, 0.5) is 4.39 Å². The summed E-state index contributed by atoms with van der Waals surface area (Å²) in [6.45, 7) is 2.99. The first-order valence-corrected chi connectivity index (χ1v) is 12.7. The number of allylic oxidation sites excluding steroid dienone is 2. The molecule has 2 unspecified atom stereocenters. The van der Waals surface area contributed by atoms with E-state index in [9.17, 15) is 4.39 Å². The second kappa shape index (κ2) is 11.9. The molecule has 35 heavy (non-hydrogen) atoms. The van der Waals surface area contributed by atoms with E-state index >= 15 is 0 Å². The van der Waals surface area contributed by atoms with Crippen LogP contribution in [0, 0.1) is 11.7 Å². The highest BCUT2D eigenvalue weighted by molar-refractivity contribution is 6.30. The Bertz CT molecular complexity index is 1100. The molecular formula is C28H33Cl2FN2O2. The Kier molecular flexibility index (Phi) is 8.87. The van der Waals surface area contributed by atoms with E-state index in [-0.39, 0.29) is 24.3 Å². The maximum atomic E-state index is 13.6. The summed E-state index contributed by atoms with van der Waals surface area (Å²) in [5, 5.41) is 4.11. The average Bonchev–Trinajstić information content (AvgIpc) is 3.35. The Morgan fingerprint density at radius 2 is 2.06 bits per heavy atom. The first-order valence-electron chi connectivity index (χ1n) is 12.3. The van der Waals surface area contributed by atoms with Crippen LogP contribution in [0.3, 0.4) is 0 Å². The third kappa shape index (κ3) is 5.75. The molecule has 188 valence electrons. The SMILES string of the molecule is CN=C1C2C=CCC1c1ccc(Cl)cc1C2.Cl.Fc1ccc(OC[C@@H]2CNCCO2)c2c1CCC2. The van der Waals surface area contributed by atoms with E-state index in [0.717, 1.165) is 73.7 Å². The minimum Gasteiger partial charge on any atom is -0.491 e. The summed E-state index contributed by atoms with van der Waals surface area (Å²) in [6, 6.07) is 9.53. The van der Waals surface area contributed by atoms with Crippen molar-refractivity contribution in [1.82, 2.24) is 5.32 Å². The molecule has 2 bridgehead atoms. The smallest absolute Gasteiger partial charge is 0.126 e. The van der Waals surface area contributed by atoms with Gasteiger partial charge in [0.15, 0.2) is 0 Å². The van der Waals surface area contributed by atoms with E-state index in [1.54, 1.807) is 6.07 Å². The molecule has 1 N–H and O–H groups in total. The minimum atomic E-state index is -0.0922. The number of nitrogens with one attached hydrogen (secondary N) is 1. The Balaban J connectivity index is 0.000000161. The number of benzene rings is 2. The first-order chi connectivity index (χ1) is 16.6. The fraction of sp³-hybridized carbons (Fsp3) is 0.464. The Morgan fingerprint density at radius 1 is 1.20 bits per heavy atom. The van der Waals surface area contributed by atoms with Crippen LogP contribution in [-0.2, 0) is 24.0 Å². The number of ether oxygens (including phenoxy) is 2. The van der Waals surface area contributed by atoms with Gasteiger partial charge in [-0.1, -0.05) is 29.8 Å². The number of aliphatic imine (C=N–C) groups is 1. The number of hydrogen-bond donors (Lipinski definition) is 1. The molecule has 3 atom stereocenters. The number of hydrogen-bond acceptors (Lipinski definition) is 4. The molecule has 0 aromatic heterocycles. The van der Waals surface area contributed by atoms with Gasteiger partial charge >= 0.3 is 0 Å². The predicted molar refractivity (Wildman–Crippen MR) is 142 cm³/mol. The topological polar surface area (TPSA) is 42.8 Å². The fourth-order valence-electron chi connectivity index (χ4n) is 5.64. The summed E-state index contributed by atoms with van der Waals surface area (Å²) in [5.41, 5.74) is 6.07. The van der Waals surface area contributed by atoms with Crippen molar-refractivity contribution in [3.63, 3.8) is 0 Å². The minimum absolute atomic E-state index is 0. The van der Waals surface area contributed by atoms with Crippen LogP contribution in [0.25, 0.3) is 0 Å². The lowest BCUT2D eigenvalue weighted by molar-refractivity contribution is 0.0000136. The molecule has 0 radical (unpaired) electrons. The third-order valence-electron chi connectivity index (χ3n) is 7.27. The molecule has 2 aromatic carbocycles. The van der Waals surface area contributed by atoms with Crippen molar-refractivity contribution < 1.29 is 13.9 Å². The van der Waals surface area contributed by atoms with Crippen molar-refractivity contribution >= 4 is 29.7 Å². The summed E-state index contributed by atoms with van der Waals surface area (Å²) in [7, 11) is 1.91. The Morgan fingerprint density at radius 3 is 2.86 bits per heavy atom. The Labute approximate surface area is 218 Å². The van der Waals surface area contributed by atoms with E-state index < -0.39 is 0 Å². The van der Waals surface area contributed by atoms with E-state index in [0.29, 0.717) is 18.4 Å². The molecule has 7 heteroatoms. The van der Waals surface area contributed by atoms with Crippen LogP contribution >= 0.6 is 24.0 Å². The fourth-order valence-corrected chi connectivity index (χ4v) is 5.83. The van der Waals surface area contributed by atoms with Gasteiger partial charge < -0.3 is 14.8 Å². The van der Waals surface area contributed by atoms with E-state index in [1.165, 1.54) is 22.9 Å². The lowest BCUT2D eigenvalue weighted by Gasteiger charge is -2.34. The number of halogens is 3. The van der Waals surface area contributed by atoms with E-state index in [4.69, 9.17) is 21.1 Å². The maximum absolute atomic E-state index is 13.6. The van der Waals surface area contributed by atoms with Gasteiger partial charge in [-0.2, -0.15) is 0 Å². The zero-order valence-corrected chi connectivity index (χ0v) is 21.6. The van der Waals surface area contributed by atoms with Crippen molar-refractivity contribution in [2.45, 2.75) is 44.1 Å². The molecule has 0 spiro atoms. The van der Waals surface area contributed by atoms with Crippen LogP contribution in [0.5, 0.6) is 5.75 Å². The van der Waals surface area contributed by atoms with E-state index in [2.05, 4.69) is 34.6 Å². The van der Waals surface area contributed by atoms with Gasteiger partial charge in [0.25, 0.3) is 0 Å². The van der Waals surface area contributed by atoms with Crippen molar-refractivity contribution in [2.24, 2.45) is 10.9 Å². The number of fused-ring (bicyclic) bond motifs is 5. The molecule has 1 saturated heterocycles. The van der Waals surface area contributed by atoms with Gasteiger partial charge in [-0.3, -0.25) is 4.99 Å². The largest absolute Gasteiger partial charge is 0.491 e. The Hall–Kier alpha value is -1.92. The third-order valence-corrected chi connectivity index (χ3v) is 7.50. The average molecular weight is 519 g/mol. The normalized spacial score (nSPS) is 25.1. The molecule has 1 fully saturated rings. The van der Waals surface area contributed by atoms with Gasteiger partial charge in [0.2, 0.25) is 0 Å². The second-order valence-electron chi connectivity index (χ2n) is 9.38. The molecule has 4 aliphatic rings. The highest BCUT2D eigenvalue weighted by Crippen LogP contribution is 2.40. The number of nitrogens with zero attached hydrogens (tertiary/aromatic N) is 1. The number of rotatable bonds is 3. The summed E-state index contributed by atoms with van der Waals surface area (Å²) < 4.78 is 25.0. The van der Waals surface area contributed by atoms with Crippen molar-refractivity contribution in [2.75, 3.05) is 33.4 Å². The second-order valence-corrected chi connectivity index (χ2v) is 9.82. The summed E-state index contributed by atoms with van der Waals surface area (Å²) in [6.07, 6.45) is 9.60. The van der Waals surface area contributed by atoms with Crippen LogP contribution in [0.15, 0.2) is 47.5 Å².